The largest absolute Gasteiger partial charge is 0.349 e. The molecule has 0 saturated carbocycles. The zero-order valence-electron chi connectivity index (χ0n) is 10.9. The first-order valence-corrected chi connectivity index (χ1v) is 7.03. The predicted molar refractivity (Wildman–Crippen MR) is 71.2 cm³/mol. The molecule has 1 saturated heterocycles. The Morgan fingerprint density at radius 1 is 1.37 bits per heavy atom. The van der Waals surface area contributed by atoms with Gasteiger partial charge in [0.1, 0.15) is 5.82 Å². The number of nitrogens with one attached hydrogen (secondary N) is 2. The summed E-state index contributed by atoms with van der Waals surface area (Å²) in [5.41, 5.74) is 2.12. The summed E-state index contributed by atoms with van der Waals surface area (Å²) in [5, 5.41) is 6.38. The van der Waals surface area contributed by atoms with E-state index < -0.39 is 0 Å². The Morgan fingerprint density at radius 3 is 3.05 bits per heavy atom. The van der Waals surface area contributed by atoms with E-state index >= 15 is 0 Å². The molecule has 1 aliphatic carbocycles. The molecule has 3 rings (SSSR count). The molecule has 0 radical (unpaired) electrons. The minimum Gasteiger partial charge on any atom is -0.349 e. The van der Waals surface area contributed by atoms with E-state index in [9.17, 15) is 9.18 Å². The molecule has 0 aromatic heterocycles. The van der Waals surface area contributed by atoms with E-state index in [-0.39, 0.29) is 23.7 Å². The number of amides is 1. The summed E-state index contributed by atoms with van der Waals surface area (Å²) >= 11 is 0. The van der Waals surface area contributed by atoms with Crippen molar-refractivity contribution in [2.45, 2.75) is 31.7 Å². The van der Waals surface area contributed by atoms with Crippen molar-refractivity contribution >= 4 is 5.91 Å². The number of halogens is 1. The lowest BCUT2D eigenvalue weighted by Crippen LogP contribution is -2.41. The molecule has 2 unspecified atom stereocenters. The third kappa shape index (κ3) is 2.63. The van der Waals surface area contributed by atoms with Crippen molar-refractivity contribution in [2.24, 2.45) is 5.92 Å². The van der Waals surface area contributed by atoms with Gasteiger partial charge in [0.05, 0.1) is 12.0 Å². The maximum Gasteiger partial charge on any atom is 0.224 e. The van der Waals surface area contributed by atoms with Gasteiger partial charge in [0.25, 0.3) is 0 Å². The number of benzene rings is 1. The average Bonchev–Trinajstić information content (AvgIpc) is 2.82. The lowest BCUT2D eigenvalue weighted by atomic mass is 9.98. The highest BCUT2D eigenvalue weighted by Crippen LogP contribution is 2.31. The van der Waals surface area contributed by atoms with Crippen LogP contribution in [0.15, 0.2) is 18.2 Å². The topological polar surface area (TPSA) is 41.1 Å². The Kier molecular flexibility index (Phi) is 3.51. The quantitative estimate of drug-likeness (QED) is 0.855. The maximum atomic E-state index is 13.1. The van der Waals surface area contributed by atoms with Gasteiger partial charge in [-0.2, -0.15) is 0 Å². The number of piperidine rings is 1. The molecular formula is C15H19FN2O. The highest BCUT2D eigenvalue weighted by atomic mass is 19.1. The van der Waals surface area contributed by atoms with E-state index in [0.717, 1.165) is 49.9 Å². The monoisotopic (exact) mass is 262 g/mol. The Bertz CT molecular complexity index is 483. The fourth-order valence-electron chi connectivity index (χ4n) is 3.10. The summed E-state index contributed by atoms with van der Waals surface area (Å²) in [5.74, 6) is 0.0230. The molecule has 1 amide bonds. The molecule has 1 aromatic carbocycles. The molecule has 102 valence electrons. The molecule has 1 fully saturated rings. The molecule has 1 heterocycles. The van der Waals surface area contributed by atoms with E-state index in [1.54, 1.807) is 6.07 Å². The van der Waals surface area contributed by atoms with Crippen LogP contribution >= 0.6 is 0 Å². The molecule has 19 heavy (non-hydrogen) atoms. The van der Waals surface area contributed by atoms with Crippen LogP contribution in [0, 0.1) is 11.7 Å². The summed E-state index contributed by atoms with van der Waals surface area (Å²) in [6.45, 7) is 1.78. The van der Waals surface area contributed by atoms with Gasteiger partial charge in [-0.15, -0.1) is 0 Å². The third-order valence-corrected chi connectivity index (χ3v) is 4.17. The van der Waals surface area contributed by atoms with Crippen molar-refractivity contribution in [3.8, 4) is 0 Å². The zero-order valence-corrected chi connectivity index (χ0v) is 10.9. The van der Waals surface area contributed by atoms with E-state index in [0.29, 0.717) is 0 Å². The molecular weight excluding hydrogens is 243 g/mol. The van der Waals surface area contributed by atoms with Crippen molar-refractivity contribution in [1.82, 2.24) is 10.6 Å². The number of carbonyl (C=O) groups excluding carboxylic acids is 1. The number of hydrogen-bond acceptors (Lipinski definition) is 2. The number of aryl methyl sites for hydroxylation is 1. The first kappa shape index (κ1) is 12.6. The number of carbonyl (C=O) groups is 1. The van der Waals surface area contributed by atoms with E-state index in [1.807, 2.05) is 6.07 Å². The van der Waals surface area contributed by atoms with Gasteiger partial charge in [0.15, 0.2) is 0 Å². The first-order valence-electron chi connectivity index (χ1n) is 7.03. The molecule has 0 spiro atoms. The normalized spacial score (nSPS) is 25.9. The summed E-state index contributed by atoms with van der Waals surface area (Å²) in [6.07, 6.45) is 3.75. The highest BCUT2D eigenvalue weighted by Gasteiger charge is 2.27. The number of fused-ring (bicyclic) bond motifs is 1. The van der Waals surface area contributed by atoms with Gasteiger partial charge in [-0.1, -0.05) is 6.07 Å². The van der Waals surface area contributed by atoms with Gasteiger partial charge in [-0.05, 0) is 55.5 Å². The summed E-state index contributed by atoms with van der Waals surface area (Å²) in [4.78, 5) is 12.2. The van der Waals surface area contributed by atoms with Crippen LogP contribution in [0.25, 0.3) is 0 Å². The smallest absolute Gasteiger partial charge is 0.224 e. The molecule has 2 N–H and O–H groups in total. The van der Waals surface area contributed by atoms with Crippen LogP contribution in [0.2, 0.25) is 0 Å². The zero-order chi connectivity index (χ0) is 13.2. The van der Waals surface area contributed by atoms with Crippen LogP contribution in [-0.4, -0.2) is 19.0 Å². The standard InChI is InChI=1S/C15H19FN2O/c16-12-4-5-13-10(8-12)3-6-14(13)18-15(19)11-2-1-7-17-9-11/h4-5,8,11,14,17H,1-3,6-7,9H2,(H,18,19). The molecule has 1 aromatic rings. The van der Waals surface area contributed by atoms with Gasteiger partial charge in [-0.3, -0.25) is 4.79 Å². The number of hydrogen-bond donors (Lipinski definition) is 2. The van der Waals surface area contributed by atoms with E-state index in [4.69, 9.17) is 0 Å². The van der Waals surface area contributed by atoms with Gasteiger partial charge < -0.3 is 10.6 Å². The second kappa shape index (κ2) is 5.29. The Morgan fingerprint density at radius 2 is 2.26 bits per heavy atom. The van der Waals surface area contributed by atoms with Gasteiger partial charge in [0, 0.05) is 6.54 Å². The van der Waals surface area contributed by atoms with Gasteiger partial charge in [0.2, 0.25) is 5.91 Å². The minimum atomic E-state index is -0.192. The molecule has 0 bridgehead atoms. The Balaban J connectivity index is 1.67. The van der Waals surface area contributed by atoms with Crippen LogP contribution in [0.3, 0.4) is 0 Å². The summed E-state index contributed by atoms with van der Waals surface area (Å²) < 4.78 is 13.1. The van der Waals surface area contributed by atoms with Crippen molar-refractivity contribution in [1.29, 1.82) is 0 Å². The second-order valence-corrected chi connectivity index (χ2v) is 5.49. The SMILES string of the molecule is O=C(NC1CCc2cc(F)ccc21)C1CCCNC1. The molecule has 2 aliphatic rings. The van der Waals surface area contributed by atoms with Crippen molar-refractivity contribution in [3.05, 3.63) is 35.1 Å². The Hall–Kier alpha value is -1.42. The molecule has 3 nitrogen and oxygen atoms in total. The lowest BCUT2D eigenvalue weighted by molar-refractivity contribution is -0.126. The number of rotatable bonds is 2. The second-order valence-electron chi connectivity index (χ2n) is 5.49. The average molecular weight is 262 g/mol. The van der Waals surface area contributed by atoms with Crippen LogP contribution in [0.4, 0.5) is 4.39 Å². The molecule has 1 aliphatic heterocycles. The highest BCUT2D eigenvalue weighted by molar-refractivity contribution is 5.79. The lowest BCUT2D eigenvalue weighted by Gasteiger charge is -2.24. The molecule has 2 atom stereocenters. The fourth-order valence-corrected chi connectivity index (χ4v) is 3.10. The maximum absolute atomic E-state index is 13.1. The molecule has 4 heteroatoms. The van der Waals surface area contributed by atoms with Gasteiger partial charge in [-0.25, -0.2) is 4.39 Å². The fraction of sp³-hybridized carbons (Fsp3) is 0.533. The van der Waals surface area contributed by atoms with Crippen LogP contribution in [0.1, 0.15) is 36.4 Å². The summed E-state index contributed by atoms with van der Waals surface area (Å²) in [7, 11) is 0. The minimum absolute atomic E-state index is 0.0602. The van der Waals surface area contributed by atoms with E-state index in [2.05, 4.69) is 10.6 Å². The van der Waals surface area contributed by atoms with Crippen molar-refractivity contribution in [3.63, 3.8) is 0 Å². The van der Waals surface area contributed by atoms with Crippen LogP contribution in [0.5, 0.6) is 0 Å². The third-order valence-electron chi connectivity index (χ3n) is 4.17. The summed E-state index contributed by atoms with van der Waals surface area (Å²) in [6, 6.07) is 4.93. The van der Waals surface area contributed by atoms with E-state index in [1.165, 1.54) is 6.07 Å². The van der Waals surface area contributed by atoms with Crippen molar-refractivity contribution < 1.29 is 9.18 Å². The first-order chi connectivity index (χ1) is 9.24. The van der Waals surface area contributed by atoms with Gasteiger partial charge >= 0.3 is 0 Å². The predicted octanol–water partition coefficient (Wildman–Crippen LogP) is 1.93. The Labute approximate surface area is 112 Å². The van der Waals surface area contributed by atoms with Crippen molar-refractivity contribution in [2.75, 3.05) is 13.1 Å². The van der Waals surface area contributed by atoms with Crippen LogP contribution < -0.4 is 10.6 Å². The van der Waals surface area contributed by atoms with Crippen LogP contribution in [-0.2, 0) is 11.2 Å².